The Bertz CT molecular complexity index is 464. The number of ether oxygens (including phenoxy) is 1. The second-order valence-electron chi connectivity index (χ2n) is 5.48. The number of rotatable bonds is 2. The second kappa shape index (κ2) is 8.12. The Balaban J connectivity index is 0.000000847. The number of piperazine rings is 1. The number of hydrogen-bond acceptors (Lipinski definition) is 3. The van der Waals surface area contributed by atoms with Gasteiger partial charge in [-0.15, -0.1) is 0 Å². The van der Waals surface area contributed by atoms with Crippen LogP contribution >= 0.6 is 9.39 Å². The Hall–Kier alpha value is -0.630. The lowest BCUT2D eigenvalue weighted by Crippen LogP contribution is -2.44. The monoisotopic (exact) mass is 309 g/mol. The zero-order valence-corrected chi connectivity index (χ0v) is 14.5. The van der Waals surface area contributed by atoms with Crippen molar-refractivity contribution in [2.75, 3.05) is 33.3 Å². The van der Waals surface area contributed by atoms with E-state index in [9.17, 15) is 0 Å². The summed E-state index contributed by atoms with van der Waals surface area (Å²) in [6.45, 7) is 8.52. The maximum atomic E-state index is 7.21. The Kier molecular flexibility index (Phi) is 5.91. The zero-order valence-electron chi connectivity index (χ0n) is 14.3. The van der Waals surface area contributed by atoms with Gasteiger partial charge in [0.1, 0.15) is 5.75 Å². The fourth-order valence-corrected chi connectivity index (χ4v) is 3.50. The summed E-state index contributed by atoms with van der Waals surface area (Å²) in [5, 5.41) is 0. The summed E-state index contributed by atoms with van der Waals surface area (Å²) in [5.74, 6) is 0.843. The summed E-state index contributed by atoms with van der Waals surface area (Å²) < 4.78 is 14.9. The van der Waals surface area contributed by atoms with Gasteiger partial charge in [0.2, 0.25) is 0 Å². The highest BCUT2D eigenvalue weighted by Gasteiger charge is 2.28. The molecular weight excluding hydrogens is 279 g/mol. The summed E-state index contributed by atoms with van der Waals surface area (Å²) in [6, 6.07) is 6.90. The van der Waals surface area contributed by atoms with Crippen molar-refractivity contribution in [2.45, 2.75) is 39.2 Å². The summed E-state index contributed by atoms with van der Waals surface area (Å²) >= 11 is 0. The number of aryl methyl sites for hydroxylation is 1. The maximum absolute atomic E-state index is 7.21. The molecule has 3 rings (SSSR count). The first kappa shape index (κ1) is 15.3. The van der Waals surface area contributed by atoms with Crippen molar-refractivity contribution < 1.29 is 6.11 Å². The molecule has 1 aliphatic carbocycles. The van der Waals surface area contributed by atoms with Crippen molar-refractivity contribution in [3.05, 3.63) is 29.3 Å². The van der Waals surface area contributed by atoms with Crippen molar-refractivity contribution in [3.63, 3.8) is 0 Å². The average Bonchev–Trinajstić information content (AvgIpc) is 2.57. The third-order valence-corrected chi connectivity index (χ3v) is 4.87. The summed E-state index contributed by atoms with van der Waals surface area (Å²) in [4.78, 5) is 2.61. The molecule has 4 heteroatoms. The van der Waals surface area contributed by atoms with Crippen LogP contribution in [0, 0.1) is 0 Å². The standard InChI is InChI=1S/C15H23N2OP.C2H6/c1-18-13-6-5-12-3-2-4-15(14(12)11-13)16-7-9-17(19)10-8-16;1-2/h5-6,11,15H,2-4,7-10,19H2,1H3;1-2H3/i1D;. The van der Waals surface area contributed by atoms with Gasteiger partial charge in [-0.1, -0.05) is 29.3 Å². The van der Waals surface area contributed by atoms with E-state index in [4.69, 9.17) is 6.11 Å². The number of hydrogen-bond donors (Lipinski definition) is 0. The Morgan fingerprint density at radius 3 is 2.71 bits per heavy atom. The van der Waals surface area contributed by atoms with Gasteiger partial charge in [0.05, 0.1) is 8.46 Å². The fourth-order valence-electron chi connectivity index (χ4n) is 3.27. The van der Waals surface area contributed by atoms with Crippen LogP contribution in [0.4, 0.5) is 0 Å². The van der Waals surface area contributed by atoms with Gasteiger partial charge in [0, 0.05) is 32.2 Å². The summed E-state index contributed by atoms with van der Waals surface area (Å²) in [7, 11) is 2.80. The first-order valence-corrected chi connectivity index (χ1v) is 8.58. The molecule has 3 nitrogen and oxygen atoms in total. The molecular formula is C17H29N2OP. The van der Waals surface area contributed by atoms with E-state index in [0.717, 1.165) is 31.9 Å². The summed E-state index contributed by atoms with van der Waals surface area (Å²) in [5.41, 5.74) is 2.89. The van der Waals surface area contributed by atoms with Gasteiger partial charge < -0.3 is 4.74 Å². The van der Waals surface area contributed by atoms with Crippen LogP contribution < -0.4 is 4.74 Å². The van der Waals surface area contributed by atoms with Gasteiger partial charge in [-0.25, -0.2) is 0 Å². The lowest BCUT2D eigenvalue weighted by Gasteiger charge is -2.40. The van der Waals surface area contributed by atoms with Crippen LogP contribution in [-0.4, -0.2) is 42.8 Å². The lowest BCUT2D eigenvalue weighted by atomic mass is 9.86. The van der Waals surface area contributed by atoms with Crippen LogP contribution in [-0.2, 0) is 6.42 Å². The molecule has 1 saturated heterocycles. The molecule has 1 aromatic carbocycles. The molecule has 0 bridgehead atoms. The Morgan fingerprint density at radius 1 is 1.24 bits per heavy atom. The van der Waals surface area contributed by atoms with Crippen molar-refractivity contribution in [1.29, 1.82) is 0 Å². The minimum atomic E-state index is -0.00478. The SMILES string of the molecule is CC.[2H]COc1ccc2c(c1)C(N1CCN(P)CC1)CCC2. The van der Waals surface area contributed by atoms with Crippen molar-refractivity contribution in [1.82, 2.24) is 9.57 Å². The molecule has 0 radical (unpaired) electrons. The topological polar surface area (TPSA) is 15.7 Å². The highest BCUT2D eigenvalue weighted by atomic mass is 31.0. The molecule has 0 amide bonds. The quantitative estimate of drug-likeness (QED) is 0.778. The number of fused-ring (bicyclic) bond motifs is 1. The molecule has 0 saturated carbocycles. The second-order valence-corrected chi connectivity index (χ2v) is 6.22. The van der Waals surface area contributed by atoms with Gasteiger partial charge in [-0.3, -0.25) is 9.57 Å². The molecule has 0 spiro atoms. The highest BCUT2D eigenvalue weighted by Crippen LogP contribution is 2.36. The van der Waals surface area contributed by atoms with E-state index in [1.165, 1.54) is 30.4 Å². The van der Waals surface area contributed by atoms with Crippen LogP contribution in [0.3, 0.4) is 0 Å². The van der Waals surface area contributed by atoms with Crippen molar-refractivity contribution in [2.24, 2.45) is 0 Å². The predicted octanol–water partition coefficient (Wildman–Crippen LogP) is 3.51. The summed E-state index contributed by atoms with van der Waals surface area (Å²) in [6.07, 6.45) is 3.70. The minimum absolute atomic E-state index is 0.00478. The van der Waals surface area contributed by atoms with Crippen LogP contribution in [0.2, 0.25) is 0 Å². The molecule has 0 aromatic heterocycles. The Morgan fingerprint density at radius 2 is 2.00 bits per heavy atom. The maximum Gasteiger partial charge on any atom is 0.119 e. The largest absolute Gasteiger partial charge is 0.497 e. The van der Waals surface area contributed by atoms with Gasteiger partial charge in [-0.2, -0.15) is 0 Å². The third-order valence-electron chi connectivity index (χ3n) is 4.36. The molecule has 2 aliphatic rings. The smallest absolute Gasteiger partial charge is 0.119 e. The third kappa shape index (κ3) is 3.97. The van der Waals surface area contributed by atoms with E-state index in [1.54, 1.807) is 0 Å². The first-order chi connectivity index (χ1) is 10.8. The van der Waals surface area contributed by atoms with Crippen molar-refractivity contribution in [3.8, 4) is 5.75 Å². The van der Waals surface area contributed by atoms with Crippen LogP contribution in [0.25, 0.3) is 0 Å². The van der Waals surface area contributed by atoms with E-state index >= 15 is 0 Å². The highest BCUT2D eigenvalue weighted by molar-refractivity contribution is 7.13. The lowest BCUT2D eigenvalue weighted by molar-refractivity contribution is 0.129. The van der Waals surface area contributed by atoms with Gasteiger partial charge in [0.25, 0.3) is 0 Å². The van der Waals surface area contributed by atoms with E-state index in [0.29, 0.717) is 6.04 Å². The number of methoxy groups -OCH3 is 1. The van der Waals surface area contributed by atoms with Crippen LogP contribution in [0.1, 0.15) is 45.2 Å². The molecule has 1 aliphatic heterocycles. The van der Waals surface area contributed by atoms with Gasteiger partial charge in [-0.05, 0) is 42.5 Å². The molecule has 1 heterocycles. The van der Waals surface area contributed by atoms with Crippen LogP contribution in [0.15, 0.2) is 18.2 Å². The molecule has 118 valence electrons. The van der Waals surface area contributed by atoms with E-state index in [-0.39, 0.29) is 7.09 Å². The minimum Gasteiger partial charge on any atom is -0.497 e. The van der Waals surface area contributed by atoms with Crippen molar-refractivity contribution >= 4 is 9.39 Å². The molecule has 21 heavy (non-hydrogen) atoms. The number of benzene rings is 1. The van der Waals surface area contributed by atoms with E-state index < -0.39 is 0 Å². The molecule has 1 aromatic rings. The molecule has 0 N–H and O–H groups in total. The van der Waals surface area contributed by atoms with Gasteiger partial charge >= 0.3 is 0 Å². The van der Waals surface area contributed by atoms with Gasteiger partial charge in [0.15, 0.2) is 0 Å². The molecule has 2 atom stereocenters. The predicted molar refractivity (Wildman–Crippen MR) is 92.9 cm³/mol. The average molecular weight is 309 g/mol. The van der Waals surface area contributed by atoms with E-state index in [1.807, 2.05) is 19.9 Å². The normalized spacial score (nSPS) is 23.6. The molecule has 2 unspecified atom stereocenters. The zero-order chi connectivity index (χ0) is 15.9. The number of nitrogens with zero attached hydrogens (tertiary/aromatic N) is 2. The molecule has 1 fully saturated rings. The fraction of sp³-hybridized carbons (Fsp3) is 0.647. The van der Waals surface area contributed by atoms with E-state index in [2.05, 4.69) is 31.1 Å². The van der Waals surface area contributed by atoms with Crippen LogP contribution in [0.5, 0.6) is 5.75 Å². The first-order valence-electron chi connectivity index (χ1n) is 8.77. The Labute approximate surface area is 133 Å².